The number of amides is 1. The van der Waals surface area contributed by atoms with E-state index >= 15 is 0 Å². The molecule has 10 heteroatoms. The van der Waals surface area contributed by atoms with Gasteiger partial charge in [0, 0.05) is 20.1 Å². The van der Waals surface area contributed by atoms with Gasteiger partial charge in [0.25, 0.3) is 5.91 Å². The number of esters is 1. The van der Waals surface area contributed by atoms with Crippen LogP contribution in [0.5, 0.6) is 11.5 Å². The van der Waals surface area contributed by atoms with Gasteiger partial charge in [0.15, 0.2) is 12.2 Å². The Labute approximate surface area is 247 Å². The Hall–Kier alpha value is -2.40. The van der Waals surface area contributed by atoms with Crippen LogP contribution in [0.2, 0.25) is 0 Å². The molecule has 0 aromatic heterocycles. The fourth-order valence-corrected chi connectivity index (χ4v) is 6.03. The number of nitrogens with one attached hydrogen (secondary N) is 1. The van der Waals surface area contributed by atoms with Crippen molar-refractivity contribution in [2.75, 3.05) is 27.9 Å². The largest absolute Gasteiger partial charge is 0.496 e. The van der Waals surface area contributed by atoms with Crippen molar-refractivity contribution >= 4 is 59.7 Å². The first kappa shape index (κ1) is 30.1. The lowest BCUT2D eigenvalue weighted by Gasteiger charge is -2.22. The zero-order chi connectivity index (χ0) is 27.7. The van der Waals surface area contributed by atoms with Crippen LogP contribution in [-0.2, 0) is 31.9 Å². The second-order valence-corrected chi connectivity index (χ2v) is 10.8. The van der Waals surface area contributed by atoms with Gasteiger partial charge in [-0.05, 0) is 95.2 Å². The minimum atomic E-state index is -1.08. The number of carbonyl (C=O) groups excluding carboxylic acids is 2. The topological polar surface area (TPSA) is 83.1 Å². The predicted molar refractivity (Wildman–Crippen MR) is 156 cm³/mol. The number of halogens is 3. The van der Waals surface area contributed by atoms with E-state index in [1.807, 2.05) is 48.5 Å². The normalized spacial score (nSPS) is 12.4. The Morgan fingerprint density at radius 1 is 0.842 bits per heavy atom. The van der Waals surface area contributed by atoms with Crippen molar-refractivity contribution in [3.8, 4) is 11.5 Å². The Balaban J connectivity index is 1.77. The molecule has 3 aromatic rings. The number of hydrogen-bond acceptors (Lipinski definition) is 6. The van der Waals surface area contributed by atoms with E-state index in [1.54, 1.807) is 26.4 Å². The molecular formula is C28H28Br3NO6. The van der Waals surface area contributed by atoms with E-state index in [0.29, 0.717) is 33.2 Å². The molecule has 3 rings (SSSR count). The average Bonchev–Trinajstić information content (AvgIpc) is 2.89. The molecule has 0 bridgehead atoms. The lowest BCUT2D eigenvalue weighted by Crippen LogP contribution is -2.41. The predicted octanol–water partition coefficient (Wildman–Crippen LogP) is 6.19. The molecule has 0 heterocycles. The van der Waals surface area contributed by atoms with Crippen LogP contribution in [0.25, 0.3) is 0 Å². The highest BCUT2D eigenvalue weighted by atomic mass is 79.9. The Bertz CT molecular complexity index is 1230. The van der Waals surface area contributed by atoms with Crippen molar-refractivity contribution in [2.45, 2.75) is 25.0 Å². The lowest BCUT2D eigenvalue weighted by molar-refractivity contribution is -0.165. The van der Waals surface area contributed by atoms with E-state index in [4.69, 9.17) is 18.9 Å². The maximum Gasteiger partial charge on any atom is 0.340 e. The maximum atomic E-state index is 13.3. The molecular weight excluding hydrogens is 686 g/mol. The molecule has 2 atom stereocenters. The average molecular weight is 714 g/mol. The Morgan fingerprint density at radius 2 is 1.50 bits per heavy atom. The van der Waals surface area contributed by atoms with Crippen LogP contribution in [0.1, 0.15) is 22.8 Å². The van der Waals surface area contributed by atoms with Crippen LogP contribution in [0, 0.1) is 0 Å². The van der Waals surface area contributed by atoms with E-state index in [1.165, 1.54) is 7.11 Å². The summed E-state index contributed by atoms with van der Waals surface area (Å²) in [5, 5.41) is 2.90. The van der Waals surface area contributed by atoms with Crippen LogP contribution >= 0.6 is 47.8 Å². The highest BCUT2D eigenvalue weighted by Crippen LogP contribution is 2.35. The molecule has 3 aromatic carbocycles. The molecule has 202 valence electrons. The molecule has 0 unspecified atom stereocenters. The van der Waals surface area contributed by atoms with Gasteiger partial charge in [-0.15, -0.1) is 0 Å². The van der Waals surface area contributed by atoms with Gasteiger partial charge in [0.2, 0.25) is 0 Å². The third-order valence-electron chi connectivity index (χ3n) is 5.72. The summed E-state index contributed by atoms with van der Waals surface area (Å²) in [6.45, 7) is 0.355. The third-order valence-corrected chi connectivity index (χ3v) is 7.51. The van der Waals surface area contributed by atoms with Gasteiger partial charge in [-0.1, -0.05) is 36.4 Å². The minimum Gasteiger partial charge on any atom is -0.496 e. The highest BCUT2D eigenvalue weighted by molar-refractivity contribution is 9.11. The van der Waals surface area contributed by atoms with Crippen molar-refractivity contribution in [3.63, 3.8) is 0 Å². The summed E-state index contributed by atoms with van der Waals surface area (Å²) in [6, 6.07) is 18.4. The van der Waals surface area contributed by atoms with E-state index in [2.05, 4.69) is 53.1 Å². The van der Waals surface area contributed by atoms with E-state index in [0.717, 1.165) is 21.3 Å². The van der Waals surface area contributed by atoms with E-state index < -0.39 is 24.1 Å². The molecule has 0 spiro atoms. The quantitative estimate of drug-likeness (QED) is 0.226. The SMILES string of the molecule is COc1ccc(CCNC(=O)[C@H](Cc2cc(Br)c(OC)c(Br)c2)OC(=O)[C@@H](OC)c2ccccc2)cc1Br. The number of ether oxygens (including phenoxy) is 4. The standard InChI is InChI=1S/C28H28Br3NO6/c1-35-23-10-9-17(13-20(23)29)11-12-32-27(33)24(16-18-14-21(30)26(37-3)22(31)15-18)38-28(34)25(36-2)19-7-5-4-6-8-19/h4-10,13-15,24-25H,11-12,16H2,1-3H3,(H,32,33)/t24-,25-/m0/s1. The Morgan fingerprint density at radius 3 is 2.08 bits per heavy atom. The molecule has 0 saturated carbocycles. The molecule has 38 heavy (non-hydrogen) atoms. The van der Waals surface area contributed by atoms with Gasteiger partial charge >= 0.3 is 5.97 Å². The monoisotopic (exact) mass is 711 g/mol. The van der Waals surface area contributed by atoms with Crippen LogP contribution < -0.4 is 14.8 Å². The van der Waals surface area contributed by atoms with Gasteiger partial charge in [-0.3, -0.25) is 4.79 Å². The third kappa shape index (κ3) is 8.05. The number of benzene rings is 3. The van der Waals surface area contributed by atoms with Crippen molar-refractivity contribution in [1.82, 2.24) is 5.32 Å². The smallest absolute Gasteiger partial charge is 0.340 e. The molecule has 1 N–H and O–H groups in total. The van der Waals surface area contributed by atoms with Crippen molar-refractivity contribution < 1.29 is 28.5 Å². The summed E-state index contributed by atoms with van der Waals surface area (Å²) in [5.41, 5.74) is 2.42. The summed E-state index contributed by atoms with van der Waals surface area (Å²) in [4.78, 5) is 26.4. The fraction of sp³-hybridized carbons (Fsp3) is 0.286. The number of hydrogen-bond donors (Lipinski definition) is 1. The molecule has 0 aliphatic carbocycles. The zero-order valence-electron chi connectivity index (χ0n) is 21.1. The minimum absolute atomic E-state index is 0.151. The number of rotatable bonds is 12. The van der Waals surface area contributed by atoms with E-state index in [9.17, 15) is 9.59 Å². The maximum absolute atomic E-state index is 13.3. The summed E-state index contributed by atoms with van der Waals surface area (Å²) in [7, 11) is 4.60. The molecule has 0 aliphatic heterocycles. The van der Waals surface area contributed by atoms with Crippen LogP contribution in [-0.4, -0.2) is 45.9 Å². The molecule has 0 saturated heterocycles. The van der Waals surface area contributed by atoms with Crippen LogP contribution in [0.3, 0.4) is 0 Å². The van der Waals surface area contributed by atoms with Crippen LogP contribution in [0.4, 0.5) is 0 Å². The first-order valence-corrected chi connectivity index (χ1v) is 14.1. The fourth-order valence-electron chi connectivity index (χ4n) is 3.83. The zero-order valence-corrected chi connectivity index (χ0v) is 25.9. The number of carbonyl (C=O) groups is 2. The second-order valence-electron chi connectivity index (χ2n) is 8.26. The van der Waals surface area contributed by atoms with Crippen molar-refractivity contribution in [2.24, 2.45) is 0 Å². The highest BCUT2D eigenvalue weighted by Gasteiger charge is 2.29. The first-order chi connectivity index (χ1) is 18.3. The van der Waals surface area contributed by atoms with Crippen molar-refractivity contribution in [3.05, 3.63) is 90.8 Å². The lowest BCUT2D eigenvalue weighted by atomic mass is 10.1. The first-order valence-electron chi connectivity index (χ1n) is 11.7. The van der Waals surface area contributed by atoms with Crippen molar-refractivity contribution in [1.29, 1.82) is 0 Å². The van der Waals surface area contributed by atoms with E-state index in [-0.39, 0.29) is 6.42 Å². The summed E-state index contributed by atoms with van der Waals surface area (Å²) >= 11 is 10.5. The summed E-state index contributed by atoms with van der Waals surface area (Å²) < 4.78 is 24.1. The second kappa shape index (κ2) is 14.7. The summed E-state index contributed by atoms with van der Waals surface area (Å²) in [6.07, 6.45) is -1.31. The molecule has 7 nitrogen and oxygen atoms in total. The van der Waals surface area contributed by atoms with Gasteiger partial charge < -0.3 is 24.3 Å². The number of methoxy groups -OCH3 is 3. The molecule has 0 aliphatic rings. The summed E-state index contributed by atoms with van der Waals surface area (Å²) in [5.74, 6) is 0.301. The van der Waals surface area contributed by atoms with Crippen LogP contribution in [0.15, 0.2) is 74.1 Å². The molecule has 0 radical (unpaired) electrons. The molecule has 0 fully saturated rings. The molecule has 1 amide bonds. The Kier molecular flexibility index (Phi) is 11.6. The van der Waals surface area contributed by atoms with Gasteiger partial charge in [-0.25, -0.2) is 4.79 Å². The van der Waals surface area contributed by atoms with Gasteiger partial charge in [0.1, 0.15) is 11.5 Å². The van der Waals surface area contributed by atoms with Gasteiger partial charge in [-0.2, -0.15) is 0 Å². The van der Waals surface area contributed by atoms with Gasteiger partial charge in [0.05, 0.1) is 27.6 Å².